The average molecular weight is 490 g/mol. The topological polar surface area (TPSA) is 105 Å². The van der Waals surface area contributed by atoms with E-state index in [0.717, 1.165) is 36.0 Å². The first-order valence-corrected chi connectivity index (χ1v) is 13.1. The van der Waals surface area contributed by atoms with Gasteiger partial charge in [-0.25, -0.2) is 18.1 Å². The van der Waals surface area contributed by atoms with Gasteiger partial charge in [0.2, 0.25) is 5.95 Å². The number of anilines is 4. The highest BCUT2D eigenvalue weighted by atomic mass is 32.2. The zero-order valence-electron chi connectivity index (χ0n) is 19.4. The number of nitrogens with one attached hydrogen (secondary N) is 2. The van der Waals surface area contributed by atoms with Crippen LogP contribution in [-0.2, 0) is 10.0 Å². The Hall–Kier alpha value is -3.92. The van der Waals surface area contributed by atoms with Crippen molar-refractivity contribution in [3.63, 3.8) is 0 Å². The van der Waals surface area contributed by atoms with Crippen LogP contribution in [0.2, 0.25) is 0 Å². The Morgan fingerprint density at radius 1 is 0.886 bits per heavy atom. The van der Waals surface area contributed by atoms with Crippen molar-refractivity contribution in [3.8, 4) is 5.69 Å². The summed E-state index contributed by atoms with van der Waals surface area (Å²) in [7, 11) is -3.72. The van der Waals surface area contributed by atoms with E-state index in [1.807, 2.05) is 19.1 Å². The summed E-state index contributed by atoms with van der Waals surface area (Å²) in [6.45, 7) is 3.98. The van der Waals surface area contributed by atoms with E-state index >= 15 is 0 Å². The molecule has 10 heteroatoms. The number of hydrogen-bond acceptors (Lipinski definition) is 7. The predicted molar refractivity (Wildman–Crippen MR) is 137 cm³/mol. The molecule has 1 aliphatic rings. The first-order chi connectivity index (χ1) is 17.0. The van der Waals surface area contributed by atoms with Gasteiger partial charge in [0.15, 0.2) is 0 Å². The number of aromatic nitrogens is 4. The van der Waals surface area contributed by atoms with Crippen LogP contribution < -0.4 is 14.9 Å². The number of aryl methyl sites for hydroxylation is 1. The van der Waals surface area contributed by atoms with E-state index in [9.17, 15) is 8.42 Å². The molecule has 0 unspecified atom stereocenters. The lowest BCUT2D eigenvalue weighted by molar-refractivity contribution is 0.573. The van der Waals surface area contributed by atoms with Crippen LogP contribution in [0.1, 0.15) is 25.0 Å². The quantitative estimate of drug-likeness (QED) is 0.394. The molecule has 1 fully saturated rings. The molecule has 2 aromatic heterocycles. The van der Waals surface area contributed by atoms with E-state index in [1.54, 1.807) is 65.6 Å². The molecule has 0 radical (unpaired) electrons. The maximum absolute atomic E-state index is 12.8. The fourth-order valence-corrected chi connectivity index (χ4v) is 5.12. The molecule has 0 amide bonds. The highest BCUT2D eigenvalue weighted by Gasteiger charge is 2.16. The summed E-state index contributed by atoms with van der Waals surface area (Å²) >= 11 is 0. The van der Waals surface area contributed by atoms with Gasteiger partial charge in [0.05, 0.1) is 10.6 Å². The lowest BCUT2D eigenvalue weighted by Gasteiger charge is -2.28. The molecule has 0 atom stereocenters. The van der Waals surface area contributed by atoms with E-state index < -0.39 is 10.0 Å². The highest BCUT2D eigenvalue weighted by Crippen LogP contribution is 2.23. The van der Waals surface area contributed by atoms with Gasteiger partial charge in [0.1, 0.15) is 5.82 Å². The molecule has 3 heterocycles. The molecule has 180 valence electrons. The first kappa shape index (κ1) is 22.9. The summed E-state index contributed by atoms with van der Waals surface area (Å²) in [5.74, 6) is 1.46. The molecule has 0 bridgehead atoms. The third-order valence-corrected chi connectivity index (χ3v) is 7.23. The minimum Gasteiger partial charge on any atom is -0.356 e. The van der Waals surface area contributed by atoms with E-state index in [1.165, 1.54) is 19.3 Å². The van der Waals surface area contributed by atoms with Gasteiger partial charge < -0.3 is 10.2 Å². The molecule has 0 spiro atoms. The van der Waals surface area contributed by atoms with E-state index in [0.29, 0.717) is 11.6 Å². The number of sulfonamides is 1. The van der Waals surface area contributed by atoms with Crippen LogP contribution in [0.5, 0.6) is 0 Å². The molecule has 2 N–H and O–H groups in total. The zero-order valence-corrected chi connectivity index (χ0v) is 20.2. The lowest BCUT2D eigenvalue weighted by atomic mass is 10.1. The van der Waals surface area contributed by atoms with Gasteiger partial charge in [-0.05, 0) is 80.8 Å². The summed E-state index contributed by atoms with van der Waals surface area (Å²) in [6, 6.07) is 17.4. The molecule has 2 aromatic carbocycles. The number of benzene rings is 2. The molecule has 1 aliphatic heterocycles. The van der Waals surface area contributed by atoms with Gasteiger partial charge >= 0.3 is 0 Å². The smallest absolute Gasteiger partial charge is 0.261 e. The zero-order chi connectivity index (χ0) is 24.3. The van der Waals surface area contributed by atoms with Crippen molar-refractivity contribution < 1.29 is 8.42 Å². The molecule has 35 heavy (non-hydrogen) atoms. The van der Waals surface area contributed by atoms with Gasteiger partial charge in [-0.3, -0.25) is 4.72 Å². The second-order valence-corrected chi connectivity index (χ2v) is 10.2. The van der Waals surface area contributed by atoms with Crippen LogP contribution in [0.4, 0.5) is 23.1 Å². The number of piperidine rings is 1. The van der Waals surface area contributed by atoms with Crippen molar-refractivity contribution in [2.24, 2.45) is 0 Å². The van der Waals surface area contributed by atoms with Gasteiger partial charge in [-0.2, -0.15) is 10.1 Å². The second-order valence-electron chi connectivity index (χ2n) is 8.49. The van der Waals surface area contributed by atoms with Gasteiger partial charge in [0.25, 0.3) is 10.0 Å². The van der Waals surface area contributed by atoms with Crippen molar-refractivity contribution >= 4 is 33.2 Å². The third kappa shape index (κ3) is 5.43. The third-order valence-electron chi connectivity index (χ3n) is 5.83. The second kappa shape index (κ2) is 9.75. The maximum atomic E-state index is 12.8. The Morgan fingerprint density at radius 2 is 1.60 bits per heavy atom. The van der Waals surface area contributed by atoms with Crippen LogP contribution in [0, 0.1) is 6.92 Å². The largest absolute Gasteiger partial charge is 0.356 e. The Labute approximate surface area is 204 Å². The van der Waals surface area contributed by atoms with Crippen LogP contribution in [0.3, 0.4) is 0 Å². The molecule has 9 nitrogen and oxygen atoms in total. The van der Waals surface area contributed by atoms with Gasteiger partial charge in [0, 0.05) is 48.6 Å². The van der Waals surface area contributed by atoms with Gasteiger partial charge in [-0.15, -0.1) is 0 Å². The van der Waals surface area contributed by atoms with Gasteiger partial charge in [-0.1, -0.05) is 0 Å². The molecular formula is C25H27N7O2S. The van der Waals surface area contributed by atoms with E-state index in [-0.39, 0.29) is 4.90 Å². The van der Waals surface area contributed by atoms with Crippen molar-refractivity contribution in [1.82, 2.24) is 19.7 Å². The summed E-state index contributed by atoms with van der Waals surface area (Å²) in [6.07, 6.45) is 7.09. The summed E-state index contributed by atoms with van der Waals surface area (Å²) < 4.78 is 29.9. The van der Waals surface area contributed by atoms with Crippen LogP contribution in [0.15, 0.2) is 78.0 Å². The predicted octanol–water partition coefficient (Wildman–Crippen LogP) is 4.51. The molecule has 0 saturated carbocycles. The van der Waals surface area contributed by atoms with Crippen molar-refractivity contribution in [2.45, 2.75) is 31.1 Å². The molecule has 4 aromatic rings. The normalized spacial score (nSPS) is 14.0. The summed E-state index contributed by atoms with van der Waals surface area (Å²) in [5.41, 5.74) is 2.91. The Kier molecular flexibility index (Phi) is 6.37. The Bertz CT molecular complexity index is 1380. The molecule has 1 saturated heterocycles. The lowest BCUT2D eigenvalue weighted by Crippen LogP contribution is -2.30. The Balaban J connectivity index is 1.26. The number of rotatable bonds is 7. The van der Waals surface area contributed by atoms with Crippen LogP contribution in [-0.4, -0.2) is 41.3 Å². The standard InChI is InChI=1S/C25H27N7O2S/c1-19-18-24(31-15-3-2-4-16-31)29-25(27-19)28-20-6-8-21(9-7-20)30-35(33,34)23-12-10-22(11-13-23)32-17-5-14-26-32/h5-14,17-18,30H,2-4,15-16H2,1H3,(H,27,28,29). The van der Waals surface area contributed by atoms with Crippen LogP contribution >= 0.6 is 0 Å². The fraction of sp³-hybridized carbons (Fsp3) is 0.240. The minimum absolute atomic E-state index is 0.175. The number of hydrogen-bond donors (Lipinski definition) is 2. The average Bonchev–Trinajstić information content (AvgIpc) is 3.41. The SMILES string of the molecule is Cc1cc(N2CCCCC2)nc(Nc2ccc(NS(=O)(=O)c3ccc(-n4cccn4)cc3)cc2)n1. The van der Waals surface area contributed by atoms with E-state index in [4.69, 9.17) is 0 Å². The van der Waals surface area contributed by atoms with Crippen molar-refractivity contribution in [1.29, 1.82) is 0 Å². The van der Waals surface area contributed by atoms with Crippen LogP contribution in [0.25, 0.3) is 5.69 Å². The molecule has 0 aliphatic carbocycles. The first-order valence-electron chi connectivity index (χ1n) is 11.6. The van der Waals surface area contributed by atoms with E-state index in [2.05, 4.69) is 30.0 Å². The summed E-state index contributed by atoms with van der Waals surface area (Å²) in [4.78, 5) is 11.7. The Morgan fingerprint density at radius 3 is 2.29 bits per heavy atom. The highest BCUT2D eigenvalue weighted by molar-refractivity contribution is 7.92. The van der Waals surface area contributed by atoms with Crippen molar-refractivity contribution in [2.75, 3.05) is 28.0 Å². The molecule has 5 rings (SSSR count). The van der Waals surface area contributed by atoms with Crippen molar-refractivity contribution in [3.05, 3.63) is 78.8 Å². The minimum atomic E-state index is -3.72. The molecular weight excluding hydrogens is 462 g/mol. The monoisotopic (exact) mass is 489 g/mol. The fourth-order valence-electron chi connectivity index (χ4n) is 4.06. The summed E-state index contributed by atoms with van der Waals surface area (Å²) in [5, 5.41) is 7.38. The maximum Gasteiger partial charge on any atom is 0.261 e. The number of nitrogens with zero attached hydrogens (tertiary/aromatic N) is 5.